The fraction of sp³-hybridized carbons (Fsp3) is 0.190. The number of nitrogens with zero attached hydrogens (tertiary/aromatic N) is 4. The molecule has 0 bridgehead atoms. The molecule has 0 unspecified atom stereocenters. The van der Waals surface area contributed by atoms with E-state index < -0.39 is 0 Å². The number of hydrogen-bond donors (Lipinski definition) is 1. The molecule has 2 aromatic heterocycles. The monoisotopic (exact) mass is 373 g/mol. The van der Waals surface area contributed by atoms with Crippen molar-refractivity contribution in [1.82, 2.24) is 20.3 Å². The van der Waals surface area contributed by atoms with Crippen LogP contribution in [0.5, 0.6) is 0 Å². The zero-order valence-corrected chi connectivity index (χ0v) is 15.4. The minimum Gasteiger partial charge on any atom is -0.345 e. The summed E-state index contributed by atoms with van der Waals surface area (Å²) in [5.74, 6) is -0.0468. The van der Waals surface area contributed by atoms with Crippen LogP contribution < -0.4 is 10.2 Å². The lowest BCUT2D eigenvalue weighted by Crippen LogP contribution is -2.30. The Balaban J connectivity index is 1.51. The number of fused-ring (bicyclic) bond motifs is 1. The maximum Gasteiger partial charge on any atom is 0.289 e. The van der Waals surface area contributed by atoms with Gasteiger partial charge in [0.1, 0.15) is 0 Å². The Morgan fingerprint density at radius 1 is 1.11 bits per heavy atom. The van der Waals surface area contributed by atoms with Crippen molar-refractivity contribution in [3.8, 4) is 11.1 Å². The number of hydrogen-bond acceptors (Lipinski definition) is 5. The highest BCUT2D eigenvalue weighted by molar-refractivity contribution is 5.96. The predicted octanol–water partition coefficient (Wildman–Crippen LogP) is 2.38. The quantitative estimate of drug-likeness (QED) is 0.759. The van der Waals surface area contributed by atoms with Crippen LogP contribution in [0.2, 0.25) is 0 Å². The van der Waals surface area contributed by atoms with Crippen molar-refractivity contribution in [2.24, 2.45) is 0 Å². The summed E-state index contributed by atoms with van der Waals surface area (Å²) in [6.07, 6.45) is 7.85. The maximum atomic E-state index is 12.1. The van der Waals surface area contributed by atoms with Gasteiger partial charge in [0.25, 0.3) is 5.91 Å². The standard InChI is InChI=1S/C21H19N5O2/c1-26-18-5-3-15(10-16(18)4-6-19(26)27)17-9-14(11-22-13-17)12-25-21(28)20-23-7-2-8-24-20/h2-3,5,7-11,13H,4,6,12H2,1H3,(H,25,28). The van der Waals surface area contributed by atoms with E-state index >= 15 is 0 Å². The topological polar surface area (TPSA) is 88.1 Å². The smallest absolute Gasteiger partial charge is 0.289 e. The third kappa shape index (κ3) is 3.59. The second-order valence-corrected chi connectivity index (χ2v) is 6.63. The molecule has 2 amide bonds. The average molecular weight is 373 g/mol. The van der Waals surface area contributed by atoms with Gasteiger partial charge in [0.15, 0.2) is 0 Å². The van der Waals surface area contributed by atoms with Crippen molar-refractivity contribution in [2.45, 2.75) is 19.4 Å². The summed E-state index contributed by atoms with van der Waals surface area (Å²) in [7, 11) is 1.81. The third-order valence-electron chi connectivity index (χ3n) is 4.77. The Labute approximate surface area is 162 Å². The van der Waals surface area contributed by atoms with E-state index in [1.807, 2.05) is 18.2 Å². The van der Waals surface area contributed by atoms with Crippen LogP contribution in [0.1, 0.15) is 28.2 Å². The van der Waals surface area contributed by atoms with E-state index in [1.165, 1.54) is 12.4 Å². The van der Waals surface area contributed by atoms with Gasteiger partial charge in [-0.2, -0.15) is 0 Å². The molecule has 3 aromatic rings. The van der Waals surface area contributed by atoms with Crippen molar-refractivity contribution in [2.75, 3.05) is 11.9 Å². The molecular weight excluding hydrogens is 354 g/mol. The van der Waals surface area contributed by atoms with Gasteiger partial charge in [-0.1, -0.05) is 6.07 Å². The number of nitrogens with one attached hydrogen (secondary N) is 1. The van der Waals surface area contributed by atoms with Crippen LogP contribution in [0.15, 0.2) is 55.1 Å². The normalized spacial score (nSPS) is 13.2. The number of pyridine rings is 1. The fourth-order valence-corrected chi connectivity index (χ4v) is 3.26. The minimum atomic E-state index is -0.326. The van der Waals surface area contributed by atoms with Gasteiger partial charge >= 0.3 is 0 Å². The summed E-state index contributed by atoms with van der Waals surface area (Å²) in [6, 6.07) is 9.73. The molecule has 0 spiro atoms. The van der Waals surface area contributed by atoms with Gasteiger partial charge in [-0.15, -0.1) is 0 Å². The SMILES string of the molecule is CN1C(=O)CCc2cc(-c3cncc(CNC(=O)c4ncccn4)c3)ccc21. The molecule has 0 saturated heterocycles. The molecule has 1 aromatic carbocycles. The number of amides is 2. The second-order valence-electron chi connectivity index (χ2n) is 6.63. The molecule has 3 heterocycles. The molecule has 0 saturated carbocycles. The molecule has 28 heavy (non-hydrogen) atoms. The molecule has 7 heteroatoms. The minimum absolute atomic E-state index is 0.139. The van der Waals surface area contributed by atoms with Crippen molar-refractivity contribution in [3.63, 3.8) is 0 Å². The van der Waals surface area contributed by atoms with E-state index in [-0.39, 0.29) is 17.6 Å². The first-order valence-corrected chi connectivity index (χ1v) is 9.01. The summed E-state index contributed by atoms with van der Waals surface area (Å²) in [6.45, 7) is 0.333. The first kappa shape index (κ1) is 17.8. The summed E-state index contributed by atoms with van der Waals surface area (Å²) in [5, 5.41) is 2.81. The van der Waals surface area contributed by atoms with Gasteiger partial charge in [-0.3, -0.25) is 14.6 Å². The zero-order valence-electron chi connectivity index (χ0n) is 15.4. The van der Waals surface area contributed by atoms with Crippen LogP contribution in [0.25, 0.3) is 11.1 Å². The number of aryl methyl sites for hydroxylation is 1. The van der Waals surface area contributed by atoms with Crippen molar-refractivity contribution >= 4 is 17.5 Å². The summed E-state index contributed by atoms with van der Waals surface area (Å²) < 4.78 is 0. The lowest BCUT2D eigenvalue weighted by Gasteiger charge is -2.26. The molecular formula is C21H19N5O2. The van der Waals surface area contributed by atoms with Crippen molar-refractivity contribution in [1.29, 1.82) is 0 Å². The van der Waals surface area contributed by atoms with Gasteiger partial charge in [0, 0.05) is 56.1 Å². The molecule has 0 atom stereocenters. The van der Waals surface area contributed by atoms with Crippen LogP contribution in [0.4, 0.5) is 5.69 Å². The Morgan fingerprint density at radius 3 is 2.75 bits per heavy atom. The lowest BCUT2D eigenvalue weighted by molar-refractivity contribution is -0.118. The zero-order chi connectivity index (χ0) is 19.5. The van der Waals surface area contributed by atoms with Crippen molar-refractivity contribution < 1.29 is 9.59 Å². The van der Waals surface area contributed by atoms with Gasteiger partial charge in [0.05, 0.1) is 0 Å². The lowest BCUT2D eigenvalue weighted by atomic mass is 9.96. The van der Waals surface area contributed by atoms with E-state index in [9.17, 15) is 9.59 Å². The van der Waals surface area contributed by atoms with Gasteiger partial charge in [-0.25, -0.2) is 9.97 Å². The van der Waals surface area contributed by atoms with Crippen LogP contribution in [0, 0.1) is 0 Å². The highest BCUT2D eigenvalue weighted by atomic mass is 16.2. The number of carbonyl (C=O) groups excluding carboxylic acids is 2. The summed E-state index contributed by atoms with van der Waals surface area (Å²) in [4.78, 5) is 37.9. The van der Waals surface area contributed by atoms with Gasteiger partial charge in [-0.05, 0) is 47.4 Å². The number of aromatic nitrogens is 3. The molecule has 0 radical (unpaired) electrons. The van der Waals surface area contributed by atoms with Gasteiger partial charge < -0.3 is 10.2 Å². The molecule has 0 fully saturated rings. The van der Waals surface area contributed by atoms with Crippen molar-refractivity contribution in [3.05, 3.63) is 72.1 Å². The summed E-state index contributed by atoms with van der Waals surface area (Å²) in [5.41, 5.74) is 4.99. The molecule has 1 aliphatic rings. The number of rotatable bonds is 4. The van der Waals surface area contributed by atoms with E-state index in [0.29, 0.717) is 13.0 Å². The third-order valence-corrected chi connectivity index (χ3v) is 4.77. The Hall–Kier alpha value is -3.61. The molecule has 7 nitrogen and oxygen atoms in total. The van der Waals surface area contributed by atoms with Crippen LogP contribution >= 0.6 is 0 Å². The molecule has 1 aliphatic heterocycles. The highest BCUT2D eigenvalue weighted by Crippen LogP contribution is 2.31. The first-order chi connectivity index (χ1) is 13.6. The predicted molar refractivity (Wildman–Crippen MR) is 105 cm³/mol. The Morgan fingerprint density at radius 2 is 1.93 bits per heavy atom. The molecule has 1 N–H and O–H groups in total. The molecule has 4 rings (SSSR count). The van der Waals surface area contributed by atoms with E-state index in [1.54, 1.807) is 30.4 Å². The highest BCUT2D eigenvalue weighted by Gasteiger charge is 2.21. The number of anilines is 1. The molecule has 0 aliphatic carbocycles. The largest absolute Gasteiger partial charge is 0.345 e. The average Bonchev–Trinajstić information content (AvgIpc) is 2.75. The van der Waals surface area contributed by atoms with Crippen LogP contribution in [-0.2, 0) is 17.8 Å². The number of carbonyl (C=O) groups is 2. The second kappa shape index (κ2) is 7.56. The Kier molecular flexibility index (Phi) is 4.80. The van der Waals surface area contributed by atoms with Gasteiger partial charge in [0.2, 0.25) is 11.7 Å². The fourth-order valence-electron chi connectivity index (χ4n) is 3.26. The Bertz CT molecular complexity index is 1040. The number of benzene rings is 1. The summed E-state index contributed by atoms with van der Waals surface area (Å²) >= 11 is 0. The maximum absolute atomic E-state index is 12.1. The van der Waals surface area contributed by atoms with Crippen LogP contribution in [0.3, 0.4) is 0 Å². The van der Waals surface area contributed by atoms with E-state index in [2.05, 4.69) is 26.3 Å². The van der Waals surface area contributed by atoms with Crippen LogP contribution in [-0.4, -0.2) is 33.8 Å². The molecule has 140 valence electrons. The van der Waals surface area contributed by atoms with E-state index in [0.717, 1.165) is 34.4 Å². The first-order valence-electron chi connectivity index (χ1n) is 9.01. The van der Waals surface area contributed by atoms with E-state index in [4.69, 9.17) is 0 Å².